The fourth-order valence-corrected chi connectivity index (χ4v) is 5.99. The molecule has 1 saturated heterocycles. The van der Waals surface area contributed by atoms with Crippen LogP contribution in [0.1, 0.15) is 12.0 Å². The smallest absolute Gasteiger partial charge is 0.0946 e. The lowest BCUT2D eigenvalue weighted by molar-refractivity contribution is 0.618. The number of hydrogen-bond donors (Lipinski definition) is 0. The Morgan fingerprint density at radius 2 is 2.05 bits per heavy atom. The first kappa shape index (κ1) is 14.4. The summed E-state index contributed by atoms with van der Waals surface area (Å²) in [5, 5.41) is 0.879. The van der Waals surface area contributed by atoms with Gasteiger partial charge >= 0.3 is 0 Å². The van der Waals surface area contributed by atoms with Crippen molar-refractivity contribution in [1.82, 2.24) is 9.55 Å². The highest BCUT2D eigenvalue weighted by Gasteiger charge is 2.34. The van der Waals surface area contributed by atoms with Crippen molar-refractivity contribution in [3.05, 3.63) is 53.6 Å². The fourth-order valence-electron chi connectivity index (χ4n) is 2.46. The Hall–Kier alpha value is -0.580. The molecule has 0 radical (unpaired) electrons. The number of aromatic nitrogens is 2. The van der Waals surface area contributed by atoms with Crippen molar-refractivity contribution in [2.24, 2.45) is 0 Å². The second-order valence-electron chi connectivity index (χ2n) is 4.96. The van der Waals surface area contributed by atoms with Crippen molar-refractivity contribution < 1.29 is 0 Å². The molecule has 0 bridgehead atoms. The molecule has 2 heterocycles. The van der Waals surface area contributed by atoms with Crippen molar-refractivity contribution in [3.8, 4) is 0 Å². The topological polar surface area (TPSA) is 17.8 Å². The number of benzene rings is 1. The molecule has 0 aliphatic carbocycles. The minimum absolute atomic E-state index is 0.171. The van der Waals surface area contributed by atoms with Crippen molar-refractivity contribution in [1.29, 1.82) is 0 Å². The van der Waals surface area contributed by atoms with E-state index >= 15 is 0 Å². The van der Waals surface area contributed by atoms with Crippen LogP contribution in [-0.4, -0.2) is 25.1 Å². The van der Waals surface area contributed by atoms with E-state index in [1.807, 2.05) is 30.9 Å². The van der Waals surface area contributed by atoms with E-state index < -0.39 is 0 Å². The third-order valence-electron chi connectivity index (χ3n) is 3.42. The van der Waals surface area contributed by atoms with Crippen LogP contribution >= 0.6 is 35.1 Å². The van der Waals surface area contributed by atoms with Gasteiger partial charge in [-0.1, -0.05) is 29.8 Å². The number of hydrogen-bond acceptors (Lipinski definition) is 3. The zero-order valence-corrected chi connectivity index (χ0v) is 13.6. The van der Waals surface area contributed by atoms with E-state index in [-0.39, 0.29) is 4.08 Å². The van der Waals surface area contributed by atoms with Crippen LogP contribution in [0.25, 0.3) is 0 Å². The molecule has 1 aromatic heterocycles. The minimum atomic E-state index is 0.171. The van der Waals surface area contributed by atoms with Gasteiger partial charge in [0.05, 0.1) is 10.4 Å². The summed E-state index contributed by atoms with van der Waals surface area (Å²) in [5.41, 5.74) is 1.25. The molecule has 5 heteroatoms. The van der Waals surface area contributed by atoms with Crippen LogP contribution in [0.15, 0.2) is 43.0 Å². The fraction of sp³-hybridized carbons (Fsp3) is 0.400. The highest BCUT2D eigenvalue weighted by atomic mass is 35.5. The van der Waals surface area contributed by atoms with E-state index in [2.05, 4.69) is 45.2 Å². The quantitative estimate of drug-likeness (QED) is 0.833. The highest BCUT2D eigenvalue weighted by molar-refractivity contribution is 8.18. The zero-order valence-electron chi connectivity index (χ0n) is 11.2. The van der Waals surface area contributed by atoms with E-state index in [0.29, 0.717) is 0 Å². The van der Waals surface area contributed by atoms with Gasteiger partial charge in [-0.05, 0) is 36.0 Å². The van der Waals surface area contributed by atoms with Crippen LogP contribution in [0.3, 0.4) is 0 Å². The summed E-state index contributed by atoms with van der Waals surface area (Å²) in [4.78, 5) is 4.16. The maximum absolute atomic E-state index is 6.35. The molecular formula is C15H17ClN2S2. The number of nitrogens with zero attached hydrogens (tertiary/aromatic N) is 2. The molecule has 0 N–H and O–H groups in total. The van der Waals surface area contributed by atoms with E-state index in [1.54, 1.807) is 0 Å². The zero-order chi connectivity index (χ0) is 13.8. The van der Waals surface area contributed by atoms with Gasteiger partial charge in [0.2, 0.25) is 0 Å². The molecule has 106 valence electrons. The second-order valence-corrected chi connectivity index (χ2v) is 8.59. The molecule has 20 heavy (non-hydrogen) atoms. The van der Waals surface area contributed by atoms with E-state index in [0.717, 1.165) is 18.0 Å². The maximum atomic E-state index is 6.35. The molecule has 0 atom stereocenters. The van der Waals surface area contributed by atoms with Gasteiger partial charge in [-0.2, -0.15) is 0 Å². The summed E-state index contributed by atoms with van der Waals surface area (Å²) in [5.74, 6) is 2.46. The molecule has 0 saturated carbocycles. The first-order valence-corrected chi connectivity index (χ1v) is 9.09. The van der Waals surface area contributed by atoms with Crippen molar-refractivity contribution in [3.63, 3.8) is 0 Å². The molecule has 1 fully saturated rings. The third kappa shape index (κ3) is 3.35. The molecule has 2 nitrogen and oxygen atoms in total. The maximum Gasteiger partial charge on any atom is 0.0946 e. The number of imidazole rings is 1. The first-order valence-electron chi connectivity index (χ1n) is 6.74. The normalized spacial score (nSPS) is 18.1. The lowest BCUT2D eigenvalue weighted by Gasteiger charge is -2.36. The average molecular weight is 325 g/mol. The molecule has 0 spiro atoms. The molecule has 1 aliphatic heterocycles. The van der Waals surface area contributed by atoms with Crippen molar-refractivity contribution >= 4 is 35.1 Å². The molecule has 2 aromatic rings. The Morgan fingerprint density at radius 3 is 2.75 bits per heavy atom. The van der Waals surface area contributed by atoms with Gasteiger partial charge in [-0.3, -0.25) is 0 Å². The van der Waals surface area contributed by atoms with E-state index in [9.17, 15) is 0 Å². The second kappa shape index (κ2) is 6.46. The van der Waals surface area contributed by atoms with Crippen LogP contribution in [0.2, 0.25) is 5.02 Å². The summed E-state index contributed by atoms with van der Waals surface area (Å²) < 4.78 is 2.35. The largest absolute Gasteiger partial charge is 0.335 e. The molecule has 0 unspecified atom stereocenters. The van der Waals surface area contributed by atoms with Gasteiger partial charge in [0.25, 0.3) is 0 Å². The summed E-state index contributed by atoms with van der Waals surface area (Å²) in [6.07, 6.45) is 8.10. The third-order valence-corrected chi connectivity index (χ3v) is 7.08. The number of thioether (sulfide) groups is 2. The average Bonchev–Trinajstić information content (AvgIpc) is 2.95. The summed E-state index contributed by atoms with van der Waals surface area (Å²) >= 11 is 10.5. The van der Waals surface area contributed by atoms with E-state index in [4.69, 9.17) is 11.6 Å². The molecule has 1 aliphatic rings. The standard InChI is InChI=1S/C15H17ClN2S2/c16-14-5-2-1-4-13(14)10-15(19-8-3-9-20-15)11-18-7-6-17-12-18/h1-2,4-7,12H,3,8-11H2. The van der Waals surface area contributed by atoms with Crippen LogP contribution < -0.4 is 0 Å². The minimum Gasteiger partial charge on any atom is -0.335 e. The SMILES string of the molecule is Clc1ccccc1CC1(Cn2ccnc2)SCCCS1. The van der Waals surface area contributed by atoms with Gasteiger partial charge in [0.1, 0.15) is 0 Å². The molecule has 0 amide bonds. The van der Waals surface area contributed by atoms with E-state index in [1.165, 1.54) is 23.5 Å². The van der Waals surface area contributed by atoms with Crippen LogP contribution in [0.4, 0.5) is 0 Å². The lowest BCUT2D eigenvalue weighted by Crippen LogP contribution is -2.33. The Balaban J connectivity index is 1.84. The van der Waals surface area contributed by atoms with Gasteiger partial charge in [0.15, 0.2) is 0 Å². The lowest BCUT2D eigenvalue weighted by atomic mass is 10.1. The number of rotatable bonds is 4. The predicted molar refractivity (Wildman–Crippen MR) is 89.6 cm³/mol. The van der Waals surface area contributed by atoms with Crippen LogP contribution in [0, 0.1) is 0 Å². The van der Waals surface area contributed by atoms with Gasteiger partial charge in [-0.15, -0.1) is 23.5 Å². The Kier molecular flexibility index (Phi) is 4.64. The van der Waals surface area contributed by atoms with Gasteiger partial charge in [-0.25, -0.2) is 4.98 Å². The number of halogens is 1. The summed E-state index contributed by atoms with van der Waals surface area (Å²) in [6.45, 7) is 0.980. The van der Waals surface area contributed by atoms with Gasteiger partial charge < -0.3 is 4.57 Å². The van der Waals surface area contributed by atoms with Crippen molar-refractivity contribution in [2.45, 2.75) is 23.5 Å². The molecular weight excluding hydrogens is 308 g/mol. The van der Waals surface area contributed by atoms with Crippen LogP contribution in [0.5, 0.6) is 0 Å². The van der Waals surface area contributed by atoms with Crippen LogP contribution in [-0.2, 0) is 13.0 Å². The Bertz CT molecular complexity index is 551. The Labute approximate surface area is 133 Å². The monoisotopic (exact) mass is 324 g/mol. The highest BCUT2D eigenvalue weighted by Crippen LogP contribution is 2.46. The molecule has 1 aromatic carbocycles. The first-order chi connectivity index (χ1) is 9.77. The summed E-state index contributed by atoms with van der Waals surface area (Å²) in [7, 11) is 0. The summed E-state index contributed by atoms with van der Waals surface area (Å²) in [6, 6.07) is 8.20. The van der Waals surface area contributed by atoms with Crippen molar-refractivity contribution in [2.75, 3.05) is 11.5 Å². The molecule has 3 rings (SSSR count). The van der Waals surface area contributed by atoms with Gasteiger partial charge in [0, 0.05) is 24.0 Å². The predicted octanol–water partition coefficient (Wildman–Crippen LogP) is 4.35. The Morgan fingerprint density at radius 1 is 1.25 bits per heavy atom.